The molecule has 2 saturated heterocycles. The fraction of sp³-hybridized carbons (Fsp3) is 0.652. The Balaban J connectivity index is 0.000000201. The van der Waals surface area contributed by atoms with Crippen LogP contribution in [-0.2, 0) is 9.59 Å². The molecule has 0 spiro atoms. The number of rotatable bonds is 16. The molecule has 0 aromatic heterocycles. The van der Waals surface area contributed by atoms with E-state index in [4.69, 9.17) is 30.2 Å². The summed E-state index contributed by atoms with van der Waals surface area (Å²) in [5.41, 5.74) is 12.1. The number of aromatic carboxylic acids is 2. The zero-order valence-corrected chi connectivity index (χ0v) is 44.4. The Morgan fingerprint density at radius 3 is 1.29 bits per heavy atom. The second-order valence-electron chi connectivity index (χ2n) is 20.5. The molecule has 6 fully saturated rings. The van der Waals surface area contributed by atoms with Crippen LogP contribution in [0.4, 0.5) is 0 Å². The van der Waals surface area contributed by atoms with Gasteiger partial charge in [0, 0.05) is 51.1 Å². The molecule has 4 heterocycles. The van der Waals surface area contributed by atoms with Crippen LogP contribution in [-0.4, -0.2) is 154 Å². The van der Waals surface area contributed by atoms with Gasteiger partial charge in [0.05, 0.1) is 37.7 Å². The summed E-state index contributed by atoms with van der Waals surface area (Å²) in [6.45, 7) is -1.63. The van der Waals surface area contributed by atoms with E-state index >= 15 is 0 Å². The predicted molar refractivity (Wildman–Crippen MR) is 247 cm³/mol. The Morgan fingerprint density at radius 1 is 0.600 bits per heavy atom. The molecule has 0 radical (unpaired) electrons. The third-order valence-electron chi connectivity index (χ3n) is 15.7. The number of hydrogen-bond donors (Lipinski definition) is 10. The number of amides is 2. The van der Waals surface area contributed by atoms with Crippen molar-refractivity contribution in [2.45, 2.75) is 125 Å². The summed E-state index contributed by atoms with van der Waals surface area (Å²) >= 11 is 0. The maximum absolute atomic E-state index is 12.7. The quantitative estimate of drug-likeness (QED) is 0.0707. The zero-order valence-electron chi connectivity index (χ0n) is 40.4. The van der Waals surface area contributed by atoms with E-state index < -0.39 is 25.4 Å². The van der Waals surface area contributed by atoms with Gasteiger partial charge in [0.15, 0.2) is 0 Å². The number of carboxylic acids is 2. The normalized spacial score (nSPS) is 28.5. The van der Waals surface area contributed by atoms with Crippen molar-refractivity contribution < 1.29 is 127 Å². The number of nitrogens with two attached hydrogens (primary N) is 2. The van der Waals surface area contributed by atoms with Crippen LogP contribution >= 0.6 is 0 Å². The SMILES string of the molecule is NCCNC1CCC(CC(=O)N2CC(Oc3ccc4c(c3C(=O)O)O[B-](O)(O)C3CC43)C2)CC1.NCCNC1CCC(CC(=O)N2CC(Oc3ccc4c(c3C(=O)O)O[B-](O)(O)C3CC43)C2)CC1.[Na+].[Na+]. The third kappa shape index (κ3) is 12.1. The van der Waals surface area contributed by atoms with Crippen molar-refractivity contribution >= 4 is 37.3 Å². The van der Waals surface area contributed by atoms with Crippen LogP contribution in [0.15, 0.2) is 24.3 Å². The molecule has 4 aliphatic heterocycles. The van der Waals surface area contributed by atoms with Crippen molar-refractivity contribution in [1.82, 2.24) is 20.4 Å². The minimum Gasteiger partial charge on any atom is -0.669 e. The predicted octanol–water partition coefficient (Wildman–Crippen LogP) is -4.70. The van der Waals surface area contributed by atoms with E-state index in [9.17, 15) is 49.5 Å². The Labute approximate surface area is 451 Å². The molecule has 10 rings (SSSR count). The van der Waals surface area contributed by atoms with Crippen LogP contribution in [0.2, 0.25) is 11.6 Å². The first kappa shape index (κ1) is 55.1. The summed E-state index contributed by atoms with van der Waals surface area (Å²) in [6, 6.07) is 7.69. The van der Waals surface area contributed by atoms with Gasteiger partial charge in [-0.3, -0.25) is 9.59 Å². The summed E-state index contributed by atoms with van der Waals surface area (Å²) in [6.07, 6.45) is 9.92. The Kier molecular flexibility index (Phi) is 18.0. The molecule has 2 aromatic carbocycles. The number of carboxylic acid groups (broad SMARTS) is 2. The van der Waals surface area contributed by atoms with E-state index in [-0.39, 0.29) is 141 Å². The third-order valence-corrected chi connectivity index (χ3v) is 15.7. The van der Waals surface area contributed by atoms with E-state index in [1.165, 1.54) is 0 Å². The molecular formula is C46H66B2N6Na2O14. The molecule has 372 valence electrons. The number of carbonyl (C=O) groups excluding carboxylic acids is 2. The topological polar surface area (TPSA) is 309 Å². The molecule has 2 aromatic rings. The number of hydrogen-bond acceptors (Lipinski definition) is 16. The number of nitrogens with one attached hydrogen (secondary N) is 2. The van der Waals surface area contributed by atoms with E-state index in [0.29, 0.717) is 100.0 Å². The molecule has 4 aliphatic carbocycles. The van der Waals surface area contributed by atoms with Crippen molar-refractivity contribution in [3.8, 4) is 23.0 Å². The molecule has 4 saturated carbocycles. The van der Waals surface area contributed by atoms with E-state index in [0.717, 1.165) is 64.5 Å². The molecule has 12 N–H and O–H groups in total. The average Bonchev–Trinajstić information content (AvgIpc) is 4.20. The maximum atomic E-state index is 12.7. The van der Waals surface area contributed by atoms with Gasteiger partial charge in [0.1, 0.15) is 34.8 Å². The fourth-order valence-corrected chi connectivity index (χ4v) is 11.5. The number of fused-ring (bicyclic) bond motifs is 6. The van der Waals surface area contributed by atoms with Crippen LogP contribution in [0.5, 0.6) is 23.0 Å². The van der Waals surface area contributed by atoms with Gasteiger partial charge in [0.2, 0.25) is 11.8 Å². The van der Waals surface area contributed by atoms with Crippen LogP contribution in [0.1, 0.15) is 121 Å². The van der Waals surface area contributed by atoms with Gasteiger partial charge in [-0.2, -0.15) is 0 Å². The molecule has 20 nitrogen and oxygen atoms in total. The van der Waals surface area contributed by atoms with Gasteiger partial charge >= 0.3 is 84.6 Å². The number of likely N-dealkylation sites (tertiary alicyclic amines) is 2. The van der Waals surface area contributed by atoms with Crippen LogP contribution in [0.25, 0.3) is 0 Å². The van der Waals surface area contributed by atoms with Gasteiger partial charge in [-0.15, -0.1) is 0 Å². The number of benzene rings is 2. The van der Waals surface area contributed by atoms with Gasteiger partial charge in [-0.25, -0.2) is 9.59 Å². The molecule has 4 atom stereocenters. The van der Waals surface area contributed by atoms with Crippen LogP contribution in [0, 0.1) is 11.8 Å². The van der Waals surface area contributed by atoms with Gasteiger partial charge in [-0.1, -0.05) is 36.6 Å². The molecular weight excluding hydrogens is 928 g/mol. The van der Waals surface area contributed by atoms with Crippen molar-refractivity contribution in [2.24, 2.45) is 23.3 Å². The number of ether oxygens (including phenoxy) is 2. The van der Waals surface area contributed by atoms with Crippen molar-refractivity contribution in [1.29, 1.82) is 0 Å². The molecule has 24 heteroatoms. The summed E-state index contributed by atoms with van der Waals surface area (Å²) in [7, 11) is 0. The van der Waals surface area contributed by atoms with E-state index in [1.54, 1.807) is 34.1 Å². The Morgan fingerprint density at radius 2 is 0.957 bits per heavy atom. The minimum atomic E-state index is -3.08. The monoisotopic (exact) mass is 994 g/mol. The van der Waals surface area contributed by atoms with Crippen molar-refractivity contribution in [2.75, 3.05) is 52.4 Å². The van der Waals surface area contributed by atoms with Crippen LogP contribution < -0.4 is 100.0 Å². The second kappa shape index (κ2) is 22.8. The van der Waals surface area contributed by atoms with E-state index in [1.807, 2.05) is 0 Å². The molecule has 2 amide bonds. The summed E-state index contributed by atoms with van der Waals surface area (Å²) in [5.74, 6) is -2.25. The molecule has 4 unspecified atom stereocenters. The minimum absolute atomic E-state index is 0. The van der Waals surface area contributed by atoms with E-state index in [2.05, 4.69) is 10.6 Å². The average molecular weight is 995 g/mol. The first-order valence-corrected chi connectivity index (χ1v) is 24.7. The first-order chi connectivity index (χ1) is 32.5. The Hall–Kier alpha value is -2.67. The van der Waals surface area contributed by atoms with Crippen LogP contribution in [0.3, 0.4) is 0 Å². The first-order valence-electron chi connectivity index (χ1n) is 24.7. The Bertz CT molecular complexity index is 2090. The van der Waals surface area contributed by atoms with Gasteiger partial charge in [0.25, 0.3) is 0 Å². The second-order valence-corrected chi connectivity index (χ2v) is 20.5. The smallest absolute Gasteiger partial charge is 0.669 e. The van der Waals surface area contributed by atoms with Gasteiger partial charge < -0.3 is 81.0 Å². The summed E-state index contributed by atoms with van der Waals surface area (Å²) < 4.78 is 22.5. The van der Waals surface area contributed by atoms with Gasteiger partial charge in [-0.05, 0) is 98.3 Å². The molecule has 8 aliphatic rings. The number of nitrogens with zero attached hydrogens (tertiary/aromatic N) is 2. The number of carbonyl (C=O) groups is 4. The van der Waals surface area contributed by atoms with Crippen molar-refractivity contribution in [3.05, 3.63) is 46.5 Å². The van der Waals surface area contributed by atoms with Crippen molar-refractivity contribution in [3.63, 3.8) is 0 Å². The summed E-state index contributed by atoms with van der Waals surface area (Å²) in [5, 5.41) is 67.1. The standard InChI is InChI=1S/2C23H33BN3O7.2Na/c2*25-7-8-26-14-3-1-13(2-4-14)9-20(28)27-11-15(12-27)33-19-6-5-16-17-10-18(17)24(31,32)34-22(16)21(19)23(29)30;;/h2*5-6,13-15,17-18,26,31-32H,1-4,7-12,25H2,(H,29,30);;/q2*-1;2*+1. The molecule has 70 heavy (non-hydrogen) atoms. The summed E-state index contributed by atoms with van der Waals surface area (Å²) in [4.78, 5) is 52.9. The largest absolute Gasteiger partial charge is 1.00 e. The maximum Gasteiger partial charge on any atom is 1.00 e. The zero-order chi connectivity index (χ0) is 48.1. The fourth-order valence-electron chi connectivity index (χ4n) is 11.5. The molecule has 0 bridgehead atoms.